The van der Waals surface area contributed by atoms with E-state index in [1.807, 2.05) is 4.90 Å². The van der Waals surface area contributed by atoms with Gasteiger partial charge in [-0.1, -0.05) is 12.1 Å². The van der Waals surface area contributed by atoms with Crippen LogP contribution in [0.3, 0.4) is 0 Å². The largest absolute Gasteiger partial charge is 0.338 e. The Kier molecular flexibility index (Phi) is 6.24. The molecule has 1 saturated heterocycles. The van der Waals surface area contributed by atoms with Crippen LogP contribution in [0.25, 0.3) is 0 Å². The summed E-state index contributed by atoms with van der Waals surface area (Å²) in [7, 11) is 0. The summed E-state index contributed by atoms with van der Waals surface area (Å²) in [6.45, 7) is 4.20. The lowest BCUT2D eigenvalue weighted by molar-refractivity contribution is -0.135. The van der Waals surface area contributed by atoms with Crippen LogP contribution in [-0.4, -0.2) is 44.9 Å². The number of nitrogens with zero attached hydrogens (tertiary/aromatic N) is 4. The second-order valence-corrected chi connectivity index (χ2v) is 5.02. The van der Waals surface area contributed by atoms with Crippen molar-refractivity contribution in [1.82, 2.24) is 19.9 Å². The summed E-state index contributed by atoms with van der Waals surface area (Å²) in [6, 6.07) is 0.206. The van der Waals surface area contributed by atoms with E-state index in [1.54, 1.807) is 17.1 Å². The number of hydrogen-bond acceptors (Lipinski definition) is 4. The number of likely N-dealkylation sites (tertiary alicyclic amines) is 1. The van der Waals surface area contributed by atoms with Gasteiger partial charge in [0.2, 0.25) is 5.91 Å². The van der Waals surface area contributed by atoms with E-state index < -0.39 is 0 Å². The van der Waals surface area contributed by atoms with Crippen LogP contribution in [0.4, 0.5) is 0 Å². The lowest BCUT2D eigenvalue weighted by Crippen LogP contribution is -2.49. The minimum atomic E-state index is 0. The maximum Gasteiger partial charge on any atom is 0.224 e. The van der Waals surface area contributed by atoms with Crippen LogP contribution < -0.4 is 5.73 Å². The number of carbonyl (C=O) groups is 1. The number of piperidine rings is 1. The van der Waals surface area contributed by atoms with Crippen LogP contribution in [0.2, 0.25) is 0 Å². The normalized spacial score (nSPS) is 22.9. The third kappa shape index (κ3) is 4.18. The lowest BCUT2D eigenvalue weighted by atomic mass is 9.92. The maximum absolute atomic E-state index is 12.2. The first kappa shape index (κ1) is 15.9. The van der Waals surface area contributed by atoms with Crippen molar-refractivity contribution in [1.29, 1.82) is 0 Å². The SMILES string of the molecule is CC1CCN(C(=O)CCn2ccnn2)C(CN)C1.Cl. The molecule has 0 aliphatic carbocycles. The molecule has 2 unspecified atom stereocenters. The zero-order valence-electron chi connectivity index (χ0n) is 11.2. The second kappa shape index (κ2) is 7.45. The number of aryl methyl sites for hydroxylation is 1. The smallest absolute Gasteiger partial charge is 0.224 e. The van der Waals surface area contributed by atoms with Crippen molar-refractivity contribution in [3.05, 3.63) is 12.4 Å². The summed E-state index contributed by atoms with van der Waals surface area (Å²) in [5.41, 5.74) is 5.76. The molecule has 1 aromatic rings. The Balaban J connectivity index is 0.00000180. The molecule has 0 saturated carbocycles. The van der Waals surface area contributed by atoms with Gasteiger partial charge in [-0.15, -0.1) is 17.5 Å². The molecule has 1 aromatic heterocycles. The maximum atomic E-state index is 12.2. The summed E-state index contributed by atoms with van der Waals surface area (Å²) < 4.78 is 1.68. The molecule has 0 aromatic carbocycles. The van der Waals surface area contributed by atoms with Crippen molar-refractivity contribution in [2.75, 3.05) is 13.1 Å². The van der Waals surface area contributed by atoms with E-state index in [9.17, 15) is 4.79 Å². The molecule has 1 amide bonds. The van der Waals surface area contributed by atoms with Crippen molar-refractivity contribution in [2.45, 2.75) is 38.8 Å². The van der Waals surface area contributed by atoms with Crippen molar-refractivity contribution in [3.8, 4) is 0 Å². The molecule has 1 aliphatic rings. The van der Waals surface area contributed by atoms with Crippen molar-refractivity contribution >= 4 is 18.3 Å². The average Bonchev–Trinajstić information content (AvgIpc) is 2.88. The standard InChI is InChI=1S/C12H21N5O.ClH/c1-10-2-6-17(11(8-10)9-13)12(18)3-5-16-7-4-14-15-16;/h4,7,10-11H,2-3,5-6,8-9,13H2,1H3;1H. The van der Waals surface area contributed by atoms with Crippen LogP contribution in [0.1, 0.15) is 26.2 Å². The molecule has 19 heavy (non-hydrogen) atoms. The second-order valence-electron chi connectivity index (χ2n) is 5.02. The Bertz CT molecular complexity index is 383. The summed E-state index contributed by atoms with van der Waals surface area (Å²) in [5, 5.41) is 7.58. The minimum Gasteiger partial charge on any atom is -0.338 e. The Labute approximate surface area is 119 Å². The van der Waals surface area contributed by atoms with Gasteiger partial charge in [0.05, 0.1) is 12.7 Å². The summed E-state index contributed by atoms with van der Waals surface area (Å²) in [6.07, 6.45) is 5.95. The molecule has 0 bridgehead atoms. The van der Waals surface area contributed by atoms with Gasteiger partial charge in [0, 0.05) is 31.7 Å². The molecule has 1 aliphatic heterocycles. The van der Waals surface area contributed by atoms with E-state index in [4.69, 9.17) is 5.73 Å². The monoisotopic (exact) mass is 287 g/mol. The first-order valence-electron chi connectivity index (χ1n) is 6.54. The van der Waals surface area contributed by atoms with Crippen molar-refractivity contribution in [3.63, 3.8) is 0 Å². The van der Waals surface area contributed by atoms with Crippen molar-refractivity contribution in [2.24, 2.45) is 11.7 Å². The fourth-order valence-electron chi connectivity index (χ4n) is 2.51. The Morgan fingerprint density at radius 2 is 2.32 bits per heavy atom. The lowest BCUT2D eigenvalue weighted by Gasteiger charge is -2.38. The van der Waals surface area contributed by atoms with E-state index in [2.05, 4.69) is 17.2 Å². The van der Waals surface area contributed by atoms with E-state index in [-0.39, 0.29) is 24.4 Å². The molecule has 2 atom stereocenters. The quantitative estimate of drug-likeness (QED) is 0.883. The number of amides is 1. The van der Waals surface area contributed by atoms with E-state index >= 15 is 0 Å². The van der Waals surface area contributed by atoms with Gasteiger partial charge in [-0.25, -0.2) is 0 Å². The number of halogens is 1. The van der Waals surface area contributed by atoms with Crippen LogP contribution in [0.5, 0.6) is 0 Å². The minimum absolute atomic E-state index is 0. The van der Waals surface area contributed by atoms with Gasteiger partial charge >= 0.3 is 0 Å². The van der Waals surface area contributed by atoms with Gasteiger partial charge in [-0.3, -0.25) is 9.48 Å². The number of carbonyl (C=O) groups excluding carboxylic acids is 1. The predicted molar refractivity (Wildman–Crippen MR) is 74.8 cm³/mol. The summed E-state index contributed by atoms with van der Waals surface area (Å²) in [5.74, 6) is 0.839. The molecule has 1 fully saturated rings. The van der Waals surface area contributed by atoms with Gasteiger partial charge in [0.1, 0.15) is 0 Å². The summed E-state index contributed by atoms with van der Waals surface area (Å²) >= 11 is 0. The first-order chi connectivity index (χ1) is 8.70. The molecular formula is C12H22ClN5O. The zero-order valence-corrected chi connectivity index (χ0v) is 12.1. The van der Waals surface area contributed by atoms with E-state index in [1.165, 1.54) is 0 Å². The highest BCUT2D eigenvalue weighted by Crippen LogP contribution is 2.22. The van der Waals surface area contributed by atoms with Gasteiger partial charge in [-0.05, 0) is 18.8 Å². The molecule has 2 N–H and O–H groups in total. The molecular weight excluding hydrogens is 266 g/mol. The third-order valence-corrected chi connectivity index (χ3v) is 3.60. The zero-order chi connectivity index (χ0) is 13.0. The number of nitrogens with two attached hydrogens (primary N) is 1. The molecule has 2 rings (SSSR count). The van der Waals surface area contributed by atoms with Gasteiger partial charge in [-0.2, -0.15) is 0 Å². The highest BCUT2D eigenvalue weighted by atomic mass is 35.5. The van der Waals surface area contributed by atoms with Gasteiger partial charge in [0.25, 0.3) is 0 Å². The molecule has 0 radical (unpaired) electrons. The number of hydrogen-bond donors (Lipinski definition) is 1. The average molecular weight is 288 g/mol. The van der Waals surface area contributed by atoms with Crippen LogP contribution in [-0.2, 0) is 11.3 Å². The fourth-order valence-corrected chi connectivity index (χ4v) is 2.51. The molecule has 6 nitrogen and oxygen atoms in total. The number of rotatable bonds is 4. The highest BCUT2D eigenvalue weighted by Gasteiger charge is 2.28. The van der Waals surface area contributed by atoms with Crippen LogP contribution in [0, 0.1) is 5.92 Å². The summed E-state index contributed by atoms with van der Waals surface area (Å²) in [4.78, 5) is 14.1. The highest BCUT2D eigenvalue weighted by molar-refractivity contribution is 5.85. The van der Waals surface area contributed by atoms with Crippen LogP contribution >= 0.6 is 12.4 Å². The Hall–Kier alpha value is -1.14. The topological polar surface area (TPSA) is 77.0 Å². The van der Waals surface area contributed by atoms with Gasteiger partial charge < -0.3 is 10.6 Å². The Morgan fingerprint density at radius 1 is 1.53 bits per heavy atom. The molecule has 7 heteroatoms. The first-order valence-corrected chi connectivity index (χ1v) is 6.54. The third-order valence-electron chi connectivity index (χ3n) is 3.60. The van der Waals surface area contributed by atoms with E-state index in [0.717, 1.165) is 19.4 Å². The molecule has 108 valence electrons. The van der Waals surface area contributed by atoms with E-state index in [0.29, 0.717) is 25.4 Å². The van der Waals surface area contributed by atoms with Gasteiger partial charge in [0.15, 0.2) is 0 Å². The molecule has 0 spiro atoms. The van der Waals surface area contributed by atoms with Crippen LogP contribution in [0.15, 0.2) is 12.4 Å². The van der Waals surface area contributed by atoms with Crippen molar-refractivity contribution < 1.29 is 4.79 Å². The number of aromatic nitrogens is 3. The Morgan fingerprint density at radius 3 is 2.95 bits per heavy atom. The fraction of sp³-hybridized carbons (Fsp3) is 0.750. The predicted octanol–water partition coefficient (Wildman–Crippen LogP) is 0.676. The molecule has 2 heterocycles.